The number of carbonyl (C=O) groups excluding carboxylic acids is 2. The molecule has 1 heterocycles. The van der Waals surface area contributed by atoms with E-state index in [4.69, 9.17) is 0 Å². The number of hydrazine groups is 1. The van der Waals surface area contributed by atoms with Crippen LogP contribution in [0.25, 0.3) is 0 Å². The first kappa shape index (κ1) is 19.3. The molecule has 4 rings (SSSR count). The second-order valence-electron chi connectivity index (χ2n) is 6.99. The molecule has 0 bridgehead atoms. The van der Waals surface area contributed by atoms with E-state index in [1.54, 1.807) is 11.8 Å². The van der Waals surface area contributed by atoms with E-state index in [9.17, 15) is 9.59 Å². The molecule has 0 spiro atoms. The fourth-order valence-electron chi connectivity index (χ4n) is 3.71. The van der Waals surface area contributed by atoms with Gasteiger partial charge in [-0.05, 0) is 16.7 Å². The topological polar surface area (TPSA) is 49.4 Å². The Labute approximate surface area is 174 Å². The third-order valence-electron chi connectivity index (χ3n) is 5.04. The number of amides is 2. The fraction of sp³-hybridized carbons (Fsp3) is 0.167. The Balaban J connectivity index is 1.87. The van der Waals surface area contributed by atoms with E-state index in [0.29, 0.717) is 6.42 Å². The van der Waals surface area contributed by atoms with Crippen LogP contribution in [0.1, 0.15) is 30.0 Å². The molecule has 3 aromatic rings. The van der Waals surface area contributed by atoms with Crippen molar-refractivity contribution >= 4 is 23.6 Å². The standard InChI is InChI=1S/C24H22N2O2S/c1-18(27)25-26-22(28)17-23(26)29-24(19-11-5-2-6-12-19,20-13-7-3-8-14-20)21-15-9-4-10-16-21/h2-16,23H,17H2,1H3,(H,25,27)/t23-/m1/s1. The van der Waals surface area contributed by atoms with Crippen LogP contribution in [-0.4, -0.2) is 22.2 Å². The summed E-state index contributed by atoms with van der Waals surface area (Å²) in [6, 6.07) is 31.0. The van der Waals surface area contributed by atoms with Crippen LogP contribution in [0, 0.1) is 0 Å². The molecule has 1 N–H and O–H groups in total. The monoisotopic (exact) mass is 402 g/mol. The summed E-state index contributed by atoms with van der Waals surface area (Å²) in [7, 11) is 0. The molecule has 1 fully saturated rings. The molecule has 0 aromatic heterocycles. The Hall–Kier alpha value is -3.05. The normalized spacial score (nSPS) is 16.2. The molecule has 4 nitrogen and oxygen atoms in total. The van der Waals surface area contributed by atoms with Gasteiger partial charge in [0.1, 0.15) is 5.37 Å². The Bertz CT molecular complexity index is 896. The number of nitrogens with zero attached hydrogens (tertiary/aromatic N) is 1. The molecule has 1 aliphatic heterocycles. The van der Waals surface area contributed by atoms with Crippen molar-refractivity contribution in [2.45, 2.75) is 23.5 Å². The van der Waals surface area contributed by atoms with E-state index in [1.807, 2.05) is 54.6 Å². The van der Waals surface area contributed by atoms with Gasteiger partial charge in [-0.25, -0.2) is 5.01 Å². The number of hydrogen-bond donors (Lipinski definition) is 1. The zero-order valence-electron chi connectivity index (χ0n) is 16.1. The van der Waals surface area contributed by atoms with Gasteiger partial charge in [0.15, 0.2) is 0 Å². The lowest BCUT2D eigenvalue weighted by Gasteiger charge is -2.45. The van der Waals surface area contributed by atoms with Gasteiger partial charge < -0.3 is 0 Å². The number of hydrogen-bond acceptors (Lipinski definition) is 3. The second-order valence-corrected chi connectivity index (χ2v) is 8.38. The summed E-state index contributed by atoms with van der Waals surface area (Å²) in [5.41, 5.74) is 6.07. The molecule has 1 saturated heterocycles. The second kappa shape index (κ2) is 8.13. The fourth-order valence-corrected chi connectivity index (χ4v) is 5.44. The highest BCUT2D eigenvalue weighted by Crippen LogP contribution is 2.52. The molecule has 1 aliphatic rings. The van der Waals surface area contributed by atoms with Crippen LogP contribution in [0.15, 0.2) is 91.0 Å². The van der Waals surface area contributed by atoms with Crippen molar-refractivity contribution in [3.8, 4) is 0 Å². The Morgan fingerprint density at radius 2 is 1.28 bits per heavy atom. The van der Waals surface area contributed by atoms with Gasteiger partial charge in [0.2, 0.25) is 11.8 Å². The SMILES string of the molecule is CC(=O)NN1C(=O)C[C@H]1SC(c1ccccc1)(c1ccccc1)c1ccccc1. The van der Waals surface area contributed by atoms with Crippen molar-refractivity contribution in [1.29, 1.82) is 0 Å². The first-order valence-corrected chi connectivity index (χ1v) is 10.4. The summed E-state index contributed by atoms with van der Waals surface area (Å²) in [6.07, 6.45) is 0.388. The largest absolute Gasteiger partial charge is 0.274 e. The smallest absolute Gasteiger partial charge is 0.245 e. The van der Waals surface area contributed by atoms with Crippen LogP contribution >= 0.6 is 11.8 Å². The lowest BCUT2D eigenvalue weighted by atomic mass is 9.84. The first-order valence-electron chi connectivity index (χ1n) is 9.55. The highest BCUT2D eigenvalue weighted by molar-refractivity contribution is 8.01. The number of nitrogens with one attached hydrogen (secondary N) is 1. The molecule has 3 aromatic carbocycles. The number of carbonyl (C=O) groups is 2. The summed E-state index contributed by atoms with van der Waals surface area (Å²) in [5.74, 6) is -0.311. The summed E-state index contributed by atoms with van der Waals surface area (Å²) in [4.78, 5) is 23.8. The predicted molar refractivity (Wildman–Crippen MR) is 116 cm³/mol. The van der Waals surface area contributed by atoms with Gasteiger partial charge in [0.05, 0.1) is 11.2 Å². The van der Waals surface area contributed by atoms with E-state index in [2.05, 4.69) is 41.8 Å². The van der Waals surface area contributed by atoms with Crippen molar-refractivity contribution in [3.63, 3.8) is 0 Å². The van der Waals surface area contributed by atoms with E-state index >= 15 is 0 Å². The van der Waals surface area contributed by atoms with E-state index in [1.165, 1.54) is 11.9 Å². The van der Waals surface area contributed by atoms with Crippen molar-refractivity contribution in [1.82, 2.24) is 10.4 Å². The Kier molecular flexibility index (Phi) is 5.41. The first-order chi connectivity index (χ1) is 14.1. The van der Waals surface area contributed by atoms with Gasteiger partial charge >= 0.3 is 0 Å². The van der Waals surface area contributed by atoms with Crippen LogP contribution in [0.4, 0.5) is 0 Å². The highest BCUT2D eigenvalue weighted by atomic mass is 32.2. The van der Waals surface area contributed by atoms with Gasteiger partial charge in [-0.3, -0.25) is 15.0 Å². The van der Waals surface area contributed by atoms with Crippen LogP contribution in [0.2, 0.25) is 0 Å². The lowest BCUT2D eigenvalue weighted by Crippen LogP contribution is -2.60. The van der Waals surface area contributed by atoms with Crippen molar-refractivity contribution in [2.75, 3.05) is 0 Å². The maximum atomic E-state index is 12.2. The minimum atomic E-state index is -0.522. The van der Waals surface area contributed by atoms with Crippen LogP contribution in [0.5, 0.6) is 0 Å². The molecule has 0 radical (unpaired) electrons. The van der Waals surface area contributed by atoms with Gasteiger partial charge in [-0.15, -0.1) is 11.8 Å². The third kappa shape index (κ3) is 3.66. The number of benzene rings is 3. The molecule has 1 atom stereocenters. The summed E-state index contributed by atoms with van der Waals surface area (Å²) < 4.78 is -0.522. The number of β-lactam (4-membered cyclic amide) rings is 1. The molecule has 0 aliphatic carbocycles. The van der Waals surface area contributed by atoms with Gasteiger partial charge in [-0.1, -0.05) is 91.0 Å². The summed E-state index contributed by atoms with van der Waals surface area (Å²) in [5, 5.41) is 1.29. The molecular weight excluding hydrogens is 380 g/mol. The zero-order valence-corrected chi connectivity index (χ0v) is 16.9. The van der Waals surface area contributed by atoms with Crippen LogP contribution in [0.3, 0.4) is 0 Å². The van der Waals surface area contributed by atoms with Crippen molar-refractivity contribution in [3.05, 3.63) is 108 Å². The molecule has 0 saturated carbocycles. The molecule has 146 valence electrons. The van der Waals surface area contributed by atoms with Crippen molar-refractivity contribution < 1.29 is 9.59 Å². The molecule has 5 heteroatoms. The average Bonchev–Trinajstić information content (AvgIpc) is 2.77. The predicted octanol–water partition coefficient (Wildman–Crippen LogP) is 4.32. The maximum absolute atomic E-state index is 12.2. The van der Waals surface area contributed by atoms with E-state index < -0.39 is 4.75 Å². The van der Waals surface area contributed by atoms with Crippen LogP contribution < -0.4 is 5.43 Å². The maximum Gasteiger partial charge on any atom is 0.245 e. The van der Waals surface area contributed by atoms with Gasteiger partial charge in [0, 0.05) is 6.92 Å². The summed E-state index contributed by atoms with van der Waals surface area (Å²) >= 11 is 1.68. The Morgan fingerprint density at radius 3 is 1.62 bits per heavy atom. The highest BCUT2D eigenvalue weighted by Gasteiger charge is 2.46. The zero-order chi connectivity index (χ0) is 20.3. The average molecular weight is 403 g/mol. The van der Waals surface area contributed by atoms with E-state index in [0.717, 1.165) is 16.7 Å². The Morgan fingerprint density at radius 1 is 0.862 bits per heavy atom. The van der Waals surface area contributed by atoms with Crippen molar-refractivity contribution in [2.24, 2.45) is 0 Å². The minimum absolute atomic E-state index is 0.0687. The minimum Gasteiger partial charge on any atom is -0.274 e. The number of thioether (sulfide) groups is 1. The van der Waals surface area contributed by atoms with Gasteiger partial charge in [-0.2, -0.15) is 0 Å². The van der Waals surface area contributed by atoms with Crippen LogP contribution in [-0.2, 0) is 14.3 Å². The van der Waals surface area contributed by atoms with Gasteiger partial charge in [0.25, 0.3) is 0 Å². The molecular formula is C24H22N2O2S. The van der Waals surface area contributed by atoms with E-state index in [-0.39, 0.29) is 17.2 Å². The quantitative estimate of drug-likeness (QED) is 0.493. The summed E-state index contributed by atoms with van der Waals surface area (Å²) in [6.45, 7) is 1.42. The third-order valence-corrected chi connectivity index (χ3v) is 6.75. The molecule has 0 unspecified atom stereocenters. The molecule has 29 heavy (non-hydrogen) atoms. The molecule has 2 amide bonds. The lowest BCUT2D eigenvalue weighted by molar-refractivity contribution is -0.151. The number of rotatable bonds is 6.